The lowest BCUT2D eigenvalue weighted by atomic mass is 10.0. The Bertz CT molecular complexity index is 1430. The summed E-state index contributed by atoms with van der Waals surface area (Å²) in [5, 5.41) is 3.34. The van der Waals surface area contributed by atoms with E-state index in [1.54, 1.807) is 48.7 Å². The van der Waals surface area contributed by atoms with Gasteiger partial charge in [0.25, 0.3) is 5.91 Å². The minimum Gasteiger partial charge on any atom is -0.465 e. The summed E-state index contributed by atoms with van der Waals surface area (Å²) in [6.45, 7) is 0. The number of methoxy groups -OCH3 is 1. The first-order chi connectivity index (χ1) is 16.5. The van der Waals surface area contributed by atoms with Crippen molar-refractivity contribution in [1.29, 1.82) is 0 Å². The SMILES string of the molecule is COC(=O)c1ccc(-c2cnc3c(c2)CC(c2cc(NC(=O)c4ccco4)ccc2Cl)=N3)cc1. The van der Waals surface area contributed by atoms with Crippen molar-refractivity contribution >= 4 is 40.7 Å². The summed E-state index contributed by atoms with van der Waals surface area (Å²) >= 11 is 6.46. The van der Waals surface area contributed by atoms with E-state index in [0.29, 0.717) is 28.5 Å². The highest BCUT2D eigenvalue weighted by molar-refractivity contribution is 6.34. The Morgan fingerprint density at radius 1 is 1.06 bits per heavy atom. The van der Waals surface area contributed by atoms with Crippen LogP contribution in [0.1, 0.15) is 32.0 Å². The number of furan rings is 1. The third-order valence-electron chi connectivity index (χ3n) is 5.46. The molecule has 0 saturated heterocycles. The minimum absolute atomic E-state index is 0.221. The zero-order valence-corrected chi connectivity index (χ0v) is 18.8. The second-order valence-corrected chi connectivity index (χ2v) is 8.04. The van der Waals surface area contributed by atoms with E-state index >= 15 is 0 Å². The predicted molar refractivity (Wildman–Crippen MR) is 129 cm³/mol. The number of hydrogen-bond acceptors (Lipinski definition) is 6. The normalized spacial score (nSPS) is 12.1. The fraction of sp³-hybridized carbons (Fsp3) is 0.0769. The number of carbonyl (C=O) groups excluding carboxylic acids is 2. The molecule has 8 heteroatoms. The zero-order chi connectivity index (χ0) is 23.7. The topological polar surface area (TPSA) is 93.8 Å². The lowest BCUT2D eigenvalue weighted by molar-refractivity contribution is 0.0600. The number of benzene rings is 2. The Morgan fingerprint density at radius 2 is 1.88 bits per heavy atom. The number of anilines is 1. The fourth-order valence-electron chi connectivity index (χ4n) is 3.74. The molecule has 1 aliphatic rings. The van der Waals surface area contributed by atoms with Crippen molar-refractivity contribution in [1.82, 2.24) is 4.98 Å². The number of amides is 1. The van der Waals surface area contributed by atoms with Crippen molar-refractivity contribution in [3.05, 3.63) is 101 Å². The molecule has 3 heterocycles. The van der Waals surface area contributed by atoms with Crippen molar-refractivity contribution in [2.45, 2.75) is 6.42 Å². The van der Waals surface area contributed by atoms with Gasteiger partial charge in [0.15, 0.2) is 11.6 Å². The number of fused-ring (bicyclic) bond motifs is 1. The van der Waals surface area contributed by atoms with Crippen LogP contribution >= 0.6 is 11.6 Å². The van der Waals surface area contributed by atoms with Crippen LogP contribution in [0.25, 0.3) is 11.1 Å². The molecule has 2 aromatic carbocycles. The molecular weight excluding hydrogens is 454 g/mol. The maximum Gasteiger partial charge on any atom is 0.337 e. The van der Waals surface area contributed by atoms with Crippen molar-refractivity contribution in [2.75, 3.05) is 12.4 Å². The standard InChI is InChI=1S/C26H18ClN3O4/c1-33-26(32)16-6-4-15(5-7-16)18-11-17-12-22(30-24(17)28-14-18)20-13-19(8-9-21(20)27)29-25(31)23-3-2-10-34-23/h2-11,13-14H,12H2,1H3,(H,29,31). The molecule has 34 heavy (non-hydrogen) atoms. The first kappa shape index (κ1) is 21.6. The monoisotopic (exact) mass is 471 g/mol. The number of aliphatic imine (C=N–C) groups is 1. The van der Waals surface area contributed by atoms with Crippen LogP contribution in [0.15, 0.2) is 82.5 Å². The number of hydrogen-bond donors (Lipinski definition) is 1. The quantitative estimate of drug-likeness (QED) is 0.376. The Balaban J connectivity index is 1.37. The van der Waals surface area contributed by atoms with E-state index in [0.717, 1.165) is 28.0 Å². The van der Waals surface area contributed by atoms with Gasteiger partial charge < -0.3 is 14.5 Å². The number of nitrogens with one attached hydrogen (secondary N) is 1. The molecule has 0 aliphatic carbocycles. The Hall–Kier alpha value is -4.23. The van der Waals surface area contributed by atoms with Gasteiger partial charge in [0.05, 0.1) is 24.6 Å². The number of pyridine rings is 1. The van der Waals surface area contributed by atoms with Crippen LogP contribution in [0, 0.1) is 0 Å². The molecule has 1 amide bonds. The summed E-state index contributed by atoms with van der Waals surface area (Å²) in [6.07, 6.45) is 3.74. The summed E-state index contributed by atoms with van der Waals surface area (Å²) < 4.78 is 9.89. The van der Waals surface area contributed by atoms with Crippen LogP contribution in [0.3, 0.4) is 0 Å². The third kappa shape index (κ3) is 4.21. The second kappa shape index (κ2) is 8.96. The molecule has 0 spiro atoms. The van der Waals surface area contributed by atoms with Crippen molar-refractivity contribution in [3.8, 4) is 11.1 Å². The summed E-state index contributed by atoms with van der Waals surface area (Å²) in [7, 11) is 1.35. The van der Waals surface area contributed by atoms with Crippen LogP contribution < -0.4 is 5.32 Å². The summed E-state index contributed by atoms with van der Waals surface area (Å²) in [6, 6.07) is 17.7. The van der Waals surface area contributed by atoms with E-state index in [9.17, 15) is 9.59 Å². The molecule has 1 N–H and O–H groups in total. The fourth-order valence-corrected chi connectivity index (χ4v) is 3.96. The highest BCUT2D eigenvalue weighted by Gasteiger charge is 2.21. The average Bonchev–Trinajstić information content (AvgIpc) is 3.54. The van der Waals surface area contributed by atoms with Gasteiger partial charge in [-0.25, -0.2) is 14.8 Å². The largest absolute Gasteiger partial charge is 0.465 e. The Labute approximate surface area is 200 Å². The number of aromatic nitrogens is 1. The van der Waals surface area contributed by atoms with E-state index < -0.39 is 0 Å². The van der Waals surface area contributed by atoms with Crippen LogP contribution in [-0.4, -0.2) is 29.7 Å². The van der Waals surface area contributed by atoms with Crippen molar-refractivity contribution in [3.63, 3.8) is 0 Å². The smallest absolute Gasteiger partial charge is 0.337 e. The molecule has 0 bridgehead atoms. The highest BCUT2D eigenvalue weighted by atomic mass is 35.5. The van der Waals surface area contributed by atoms with Gasteiger partial charge in [0, 0.05) is 40.0 Å². The van der Waals surface area contributed by atoms with E-state index in [1.165, 1.54) is 13.4 Å². The first-order valence-corrected chi connectivity index (χ1v) is 10.8. The van der Waals surface area contributed by atoms with Gasteiger partial charge in [-0.1, -0.05) is 23.7 Å². The number of halogens is 1. The zero-order valence-electron chi connectivity index (χ0n) is 18.0. The molecule has 0 fully saturated rings. The summed E-state index contributed by atoms with van der Waals surface area (Å²) in [4.78, 5) is 33.2. The van der Waals surface area contributed by atoms with Crippen molar-refractivity contribution in [2.24, 2.45) is 4.99 Å². The van der Waals surface area contributed by atoms with Gasteiger partial charge in [0.1, 0.15) is 0 Å². The highest BCUT2D eigenvalue weighted by Crippen LogP contribution is 2.33. The molecule has 0 unspecified atom stereocenters. The van der Waals surface area contributed by atoms with E-state index in [2.05, 4.69) is 15.3 Å². The van der Waals surface area contributed by atoms with Crippen LogP contribution in [-0.2, 0) is 11.2 Å². The first-order valence-electron chi connectivity index (χ1n) is 10.4. The van der Waals surface area contributed by atoms with Gasteiger partial charge in [-0.2, -0.15) is 0 Å². The molecule has 2 aromatic heterocycles. The molecule has 5 rings (SSSR count). The van der Waals surface area contributed by atoms with E-state index in [4.69, 9.17) is 20.8 Å². The predicted octanol–water partition coefficient (Wildman–Crippen LogP) is 5.71. The second-order valence-electron chi connectivity index (χ2n) is 7.64. The van der Waals surface area contributed by atoms with Gasteiger partial charge in [-0.3, -0.25) is 4.79 Å². The average molecular weight is 472 g/mol. The minimum atomic E-state index is -0.379. The molecule has 0 atom stereocenters. The molecule has 1 aliphatic heterocycles. The Kier molecular flexibility index (Phi) is 5.69. The summed E-state index contributed by atoms with van der Waals surface area (Å²) in [5.74, 6) is 0.125. The van der Waals surface area contributed by atoms with Crippen LogP contribution in [0.4, 0.5) is 11.5 Å². The van der Waals surface area contributed by atoms with Gasteiger partial charge in [-0.05, 0) is 54.1 Å². The lowest BCUT2D eigenvalue weighted by Crippen LogP contribution is -2.11. The van der Waals surface area contributed by atoms with Crippen molar-refractivity contribution < 1.29 is 18.7 Å². The third-order valence-corrected chi connectivity index (χ3v) is 5.79. The number of ether oxygens (including phenoxy) is 1. The molecule has 0 saturated carbocycles. The van der Waals surface area contributed by atoms with Crippen LogP contribution in [0.5, 0.6) is 0 Å². The van der Waals surface area contributed by atoms with E-state index in [-0.39, 0.29) is 17.6 Å². The van der Waals surface area contributed by atoms with Gasteiger partial charge in [0.2, 0.25) is 0 Å². The number of carbonyl (C=O) groups is 2. The summed E-state index contributed by atoms with van der Waals surface area (Å²) in [5.41, 5.74) is 5.36. The molecular formula is C26H18ClN3O4. The maximum absolute atomic E-state index is 12.3. The van der Waals surface area contributed by atoms with E-state index in [1.807, 2.05) is 18.2 Å². The maximum atomic E-state index is 12.3. The molecule has 7 nitrogen and oxygen atoms in total. The van der Waals surface area contributed by atoms with Crippen LogP contribution in [0.2, 0.25) is 5.02 Å². The number of rotatable bonds is 5. The molecule has 4 aromatic rings. The Morgan fingerprint density at radius 3 is 2.62 bits per heavy atom. The molecule has 168 valence electrons. The van der Waals surface area contributed by atoms with Gasteiger partial charge >= 0.3 is 5.97 Å². The molecule has 0 radical (unpaired) electrons. The lowest BCUT2D eigenvalue weighted by Gasteiger charge is -2.08. The number of nitrogens with zero attached hydrogens (tertiary/aromatic N) is 2. The van der Waals surface area contributed by atoms with Gasteiger partial charge in [-0.15, -0.1) is 0 Å². The number of esters is 1.